The molecule has 4 nitrogen and oxygen atoms in total. The summed E-state index contributed by atoms with van der Waals surface area (Å²) in [4.78, 5) is 20.2. The molecule has 0 aliphatic carbocycles. The largest absolute Gasteiger partial charge is 0.294 e. The molecule has 4 aromatic rings. The molecule has 0 spiro atoms. The Kier molecular flexibility index (Phi) is 5.08. The van der Waals surface area contributed by atoms with E-state index in [1.165, 1.54) is 24.3 Å². The highest BCUT2D eigenvalue weighted by Gasteiger charge is 2.24. The molecule has 0 atom stereocenters. The maximum Gasteiger partial charge on any atom is 0.257 e. The van der Waals surface area contributed by atoms with Gasteiger partial charge >= 0.3 is 0 Å². The molecular weight excluding hydrogens is 396 g/mol. The van der Waals surface area contributed by atoms with Crippen LogP contribution in [-0.2, 0) is 26.1 Å². The minimum Gasteiger partial charge on any atom is -0.294 e. The van der Waals surface area contributed by atoms with Gasteiger partial charge in [0, 0.05) is 36.8 Å². The molecule has 2 aromatic carbocycles. The van der Waals surface area contributed by atoms with Crippen molar-refractivity contribution in [2.24, 2.45) is 0 Å². The quantitative estimate of drug-likeness (QED) is 0.498. The van der Waals surface area contributed by atoms with Crippen LogP contribution in [0.4, 0.5) is 8.78 Å². The number of nitrogens with zero attached hydrogens (tertiary/aromatic N) is 3. The third kappa shape index (κ3) is 3.86. The van der Waals surface area contributed by atoms with Gasteiger partial charge in [0.25, 0.3) is 5.56 Å². The van der Waals surface area contributed by atoms with E-state index in [-0.39, 0.29) is 17.2 Å². The molecule has 6 heteroatoms. The second-order valence-corrected chi connectivity index (χ2v) is 7.94. The van der Waals surface area contributed by atoms with Crippen molar-refractivity contribution in [2.45, 2.75) is 26.1 Å². The van der Waals surface area contributed by atoms with Crippen molar-refractivity contribution >= 4 is 11.0 Å². The highest BCUT2D eigenvalue weighted by molar-refractivity contribution is 5.80. The molecule has 5 rings (SSSR count). The van der Waals surface area contributed by atoms with Gasteiger partial charge in [-0.05, 0) is 59.5 Å². The number of halogens is 2. The molecule has 0 amide bonds. The Morgan fingerprint density at radius 3 is 2.52 bits per heavy atom. The Balaban J connectivity index is 1.54. The molecule has 1 aliphatic heterocycles. The normalized spacial score (nSPS) is 14.0. The maximum absolute atomic E-state index is 13.6. The molecular formula is C25H21F2N3O. The third-order valence-electron chi connectivity index (χ3n) is 5.84. The molecule has 0 unspecified atom stereocenters. The van der Waals surface area contributed by atoms with Gasteiger partial charge in [-0.3, -0.25) is 14.3 Å². The molecule has 0 fully saturated rings. The highest BCUT2D eigenvalue weighted by atomic mass is 19.1. The van der Waals surface area contributed by atoms with Gasteiger partial charge in [0.05, 0.1) is 6.54 Å². The lowest BCUT2D eigenvalue weighted by Crippen LogP contribution is -2.37. The van der Waals surface area contributed by atoms with Crippen molar-refractivity contribution in [3.05, 3.63) is 111 Å². The van der Waals surface area contributed by atoms with E-state index >= 15 is 0 Å². The molecule has 3 heterocycles. The first kappa shape index (κ1) is 19.6. The van der Waals surface area contributed by atoms with Crippen molar-refractivity contribution in [2.75, 3.05) is 6.54 Å². The zero-order valence-electron chi connectivity index (χ0n) is 16.9. The van der Waals surface area contributed by atoms with Crippen LogP contribution in [0.5, 0.6) is 0 Å². The van der Waals surface area contributed by atoms with E-state index in [0.717, 1.165) is 40.6 Å². The van der Waals surface area contributed by atoms with Gasteiger partial charge in [-0.2, -0.15) is 0 Å². The smallest absolute Gasteiger partial charge is 0.257 e. The van der Waals surface area contributed by atoms with E-state index in [1.54, 1.807) is 29.0 Å². The molecule has 156 valence electrons. The molecule has 0 N–H and O–H groups in total. The fourth-order valence-electron chi connectivity index (χ4n) is 4.37. The Bertz CT molecular complexity index is 1310. The van der Waals surface area contributed by atoms with Crippen molar-refractivity contribution in [3.63, 3.8) is 0 Å². The van der Waals surface area contributed by atoms with Gasteiger partial charge in [0.1, 0.15) is 17.3 Å². The van der Waals surface area contributed by atoms with Crippen LogP contribution in [0.15, 0.2) is 71.7 Å². The Morgan fingerprint density at radius 2 is 1.71 bits per heavy atom. The van der Waals surface area contributed by atoms with Crippen LogP contribution >= 0.6 is 0 Å². The fraction of sp³-hybridized carbons (Fsp3) is 0.200. The summed E-state index contributed by atoms with van der Waals surface area (Å²) in [5.41, 5.74) is 4.09. The number of aromatic nitrogens is 2. The monoisotopic (exact) mass is 417 g/mol. The van der Waals surface area contributed by atoms with Crippen LogP contribution in [0, 0.1) is 11.6 Å². The van der Waals surface area contributed by atoms with Crippen molar-refractivity contribution in [1.82, 2.24) is 14.5 Å². The van der Waals surface area contributed by atoms with Gasteiger partial charge in [-0.15, -0.1) is 0 Å². The summed E-state index contributed by atoms with van der Waals surface area (Å²) in [5.74, 6) is -0.564. The number of pyridine rings is 2. The minimum atomic E-state index is -0.308. The average molecular weight is 417 g/mol. The van der Waals surface area contributed by atoms with E-state index in [1.807, 2.05) is 18.2 Å². The van der Waals surface area contributed by atoms with Crippen LogP contribution in [0.25, 0.3) is 11.0 Å². The average Bonchev–Trinajstić information content (AvgIpc) is 2.78. The summed E-state index contributed by atoms with van der Waals surface area (Å²) >= 11 is 0. The second kappa shape index (κ2) is 8.04. The van der Waals surface area contributed by atoms with Crippen molar-refractivity contribution in [3.8, 4) is 0 Å². The van der Waals surface area contributed by atoms with E-state index in [4.69, 9.17) is 0 Å². The van der Waals surface area contributed by atoms with Gasteiger partial charge in [-0.1, -0.05) is 24.3 Å². The summed E-state index contributed by atoms with van der Waals surface area (Å²) < 4.78 is 28.6. The van der Waals surface area contributed by atoms with Gasteiger partial charge < -0.3 is 0 Å². The number of hydrogen-bond donors (Lipinski definition) is 0. The molecule has 0 bridgehead atoms. The predicted molar refractivity (Wildman–Crippen MR) is 116 cm³/mol. The maximum atomic E-state index is 13.6. The molecule has 1 aliphatic rings. The van der Waals surface area contributed by atoms with E-state index in [2.05, 4.69) is 9.88 Å². The summed E-state index contributed by atoms with van der Waals surface area (Å²) in [7, 11) is 0. The molecule has 0 saturated heterocycles. The number of fused-ring (bicyclic) bond motifs is 3. The summed E-state index contributed by atoms with van der Waals surface area (Å²) in [6.45, 7) is 2.19. The second-order valence-electron chi connectivity index (χ2n) is 7.94. The standard InChI is InChI=1S/C25H21F2N3O/c26-19-8-6-17(7-9-19)15-30-24-22(5-2-11-28-24)21-10-12-29(16-23(21)25(30)31)14-18-3-1-4-20(27)13-18/h1-9,11,13H,10,12,14-16H2. The third-order valence-corrected chi connectivity index (χ3v) is 5.84. The zero-order chi connectivity index (χ0) is 21.4. The van der Waals surface area contributed by atoms with E-state index < -0.39 is 0 Å². The van der Waals surface area contributed by atoms with Crippen LogP contribution < -0.4 is 5.56 Å². The predicted octanol–water partition coefficient (Wildman–Crippen LogP) is 4.28. The summed E-state index contributed by atoms with van der Waals surface area (Å²) in [6, 6.07) is 16.6. The van der Waals surface area contributed by atoms with E-state index in [9.17, 15) is 13.6 Å². The Hall–Kier alpha value is -3.38. The molecule has 0 radical (unpaired) electrons. The number of hydrogen-bond acceptors (Lipinski definition) is 3. The zero-order valence-corrected chi connectivity index (χ0v) is 16.9. The molecule has 0 saturated carbocycles. The Labute approximate surface area is 178 Å². The first-order valence-electron chi connectivity index (χ1n) is 10.3. The van der Waals surface area contributed by atoms with Crippen molar-refractivity contribution in [1.29, 1.82) is 0 Å². The SMILES string of the molecule is O=c1c2c(c3cccnc3n1Cc1ccc(F)cc1)CCN(Cc1cccc(F)c1)C2. The summed E-state index contributed by atoms with van der Waals surface area (Å²) in [5, 5.41) is 0.976. The fourth-order valence-corrected chi connectivity index (χ4v) is 4.37. The van der Waals surface area contributed by atoms with Gasteiger partial charge in [0.15, 0.2) is 0 Å². The lowest BCUT2D eigenvalue weighted by atomic mass is 9.97. The van der Waals surface area contributed by atoms with Gasteiger partial charge in [-0.25, -0.2) is 13.8 Å². The first-order chi connectivity index (χ1) is 15.1. The van der Waals surface area contributed by atoms with Crippen molar-refractivity contribution < 1.29 is 8.78 Å². The van der Waals surface area contributed by atoms with Crippen LogP contribution in [-0.4, -0.2) is 21.0 Å². The topological polar surface area (TPSA) is 38.1 Å². The summed E-state index contributed by atoms with van der Waals surface area (Å²) in [6.07, 6.45) is 2.42. The molecule has 2 aromatic heterocycles. The first-order valence-corrected chi connectivity index (χ1v) is 10.3. The van der Waals surface area contributed by atoms with Gasteiger partial charge in [0.2, 0.25) is 0 Å². The van der Waals surface area contributed by atoms with E-state index in [0.29, 0.717) is 25.3 Å². The lowest BCUT2D eigenvalue weighted by Gasteiger charge is -2.30. The number of benzene rings is 2. The Morgan fingerprint density at radius 1 is 0.871 bits per heavy atom. The van der Waals surface area contributed by atoms with Crippen LogP contribution in [0.1, 0.15) is 22.3 Å². The molecule has 31 heavy (non-hydrogen) atoms. The lowest BCUT2D eigenvalue weighted by molar-refractivity contribution is 0.244. The van der Waals surface area contributed by atoms with Crippen LogP contribution in [0.3, 0.4) is 0 Å². The number of rotatable bonds is 4. The van der Waals surface area contributed by atoms with Crippen LogP contribution in [0.2, 0.25) is 0 Å². The highest BCUT2D eigenvalue weighted by Crippen LogP contribution is 2.25. The minimum absolute atomic E-state index is 0.0746.